The van der Waals surface area contributed by atoms with Gasteiger partial charge in [0.2, 0.25) is 5.91 Å². The Morgan fingerprint density at radius 3 is 2.59 bits per heavy atom. The summed E-state index contributed by atoms with van der Waals surface area (Å²) in [7, 11) is 1.44. The van der Waals surface area contributed by atoms with E-state index in [-0.39, 0.29) is 16.5 Å². The number of benzene rings is 1. The van der Waals surface area contributed by atoms with Gasteiger partial charge in [0.25, 0.3) is 5.91 Å². The van der Waals surface area contributed by atoms with Crippen molar-refractivity contribution in [2.75, 3.05) is 12.4 Å². The molecule has 0 spiro atoms. The molecule has 17 heavy (non-hydrogen) atoms. The molecule has 0 aliphatic heterocycles. The summed E-state index contributed by atoms with van der Waals surface area (Å²) in [5.74, 6) is -0.909. The Hall–Kier alpha value is -1.59. The monoisotopic (exact) mass is 256 g/mol. The largest absolute Gasteiger partial charge is 0.372 e. The molecule has 2 amide bonds. The van der Waals surface area contributed by atoms with Crippen molar-refractivity contribution in [3.8, 4) is 0 Å². The van der Waals surface area contributed by atoms with Crippen LogP contribution in [0.2, 0.25) is 5.02 Å². The third-order valence-electron chi connectivity index (χ3n) is 2.22. The van der Waals surface area contributed by atoms with E-state index in [4.69, 9.17) is 22.1 Å². The molecule has 1 atom stereocenters. The van der Waals surface area contributed by atoms with Crippen molar-refractivity contribution in [2.24, 2.45) is 5.73 Å². The van der Waals surface area contributed by atoms with Gasteiger partial charge in [0.15, 0.2) is 0 Å². The Labute approximate surface area is 104 Å². The first-order valence-electron chi connectivity index (χ1n) is 4.88. The van der Waals surface area contributed by atoms with E-state index in [0.717, 1.165) is 0 Å². The third kappa shape index (κ3) is 3.44. The average Bonchev–Trinajstić information content (AvgIpc) is 2.27. The van der Waals surface area contributed by atoms with Gasteiger partial charge in [-0.05, 0) is 25.1 Å². The van der Waals surface area contributed by atoms with Gasteiger partial charge in [-0.15, -0.1) is 0 Å². The van der Waals surface area contributed by atoms with Gasteiger partial charge in [-0.25, -0.2) is 0 Å². The molecule has 3 N–H and O–H groups in total. The number of primary amides is 1. The lowest BCUT2D eigenvalue weighted by atomic mass is 10.2. The van der Waals surface area contributed by atoms with Gasteiger partial charge < -0.3 is 15.8 Å². The number of nitrogens with two attached hydrogens (primary N) is 1. The maximum Gasteiger partial charge on any atom is 0.253 e. The SMILES string of the molecule is COC(C)C(=O)Nc1ccc(C(N)=O)c(Cl)c1. The Morgan fingerprint density at radius 2 is 2.12 bits per heavy atom. The summed E-state index contributed by atoms with van der Waals surface area (Å²) in [5.41, 5.74) is 5.80. The van der Waals surface area contributed by atoms with Crippen molar-refractivity contribution in [2.45, 2.75) is 13.0 Å². The fraction of sp³-hybridized carbons (Fsp3) is 0.273. The number of methoxy groups -OCH3 is 1. The Balaban J connectivity index is 2.84. The fourth-order valence-electron chi connectivity index (χ4n) is 1.14. The third-order valence-corrected chi connectivity index (χ3v) is 2.54. The number of nitrogens with one attached hydrogen (secondary N) is 1. The van der Waals surface area contributed by atoms with Gasteiger partial charge in [-0.2, -0.15) is 0 Å². The van der Waals surface area contributed by atoms with Crippen LogP contribution in [0.4, 0.5) is 5.69 Å². The van der Waals surface area contributed by atoms with Crippen LogP contribution in [-0.4, -0.2) is 25.0 Å². The molecule has 1 unspecified atom stereocenters. The van der Waals surface area contributed by atoms with E-state index in [1.807, 2.05) is 0 Å². The molecule has 0 aromatic heterocycles. The van der Waals surface area contributed by atoms with E-state index in [1.54, 1.807) is 13.0 Å². The molecule has 1 aromatic rings. The van der Waals surface area contributed by atoms with Crippen LogP contribution in [0.5, 0.6) is 0 Å². The lowest BCUT2D eigenvalue weighted by Gasteiger charge is -2.11. The van der Waals surface area contributed by atoms with Crippen LogP contribution >= 0.6 is 11.6 Å². The molecule has 0 heterocycles. The highest BCUT2D eigenvalue weighted by molar-refractivity contribution is 6.34. The molecule has 0 bridgehead atoms. The first kappa shape index (κ1) is 13.5. The van der Waals surface area contributed by atoms with Crippen LogP contribution in [0.3, 0.4) is 0 Å². The van der Waals surface area contributed by atoms with Crippen LogP contribution in [-0.2, 0) is 9.53 Å². The Morgan fingerprint density at radius 1 is 1.47 bits per heavy atom. The van der Waals surface area contributed by atoms with Crippen molar-refractivity contribution in [3.05, 3.63) is 28.8 Å². The fourth-order valence-corrected chi connectivity index (χ4v) is 1.42. The zero-order valence-corrected chi connectivity index (χ0v) is 10.2. The standard InChI is InChI=1S/C11H13ClN2O3/c1-6(17-2)11(16)14-7-3-4-8(10(13)15)9(12)5-7/h3-6H,1-2H3,(H2,13,15)(H,14,16). The van der Waals surface area contributed by atoms with Crippen molar-refractivity contribution in [1.82, 2.24) is 0 Å². The Bertz CT molecular complexity index is 448. The normalized spacial score (nSPS) is 11.9. The summed E-state index contributed by atoms with van der Waals surface area (Å²) < 4.78 is 4.86. The number of hydrogen-bond donors (Lipinski definition) is 2. The van der Waals surface area contributed by atoms with Crippen LogP contribution in [0.25, 0.3) is 0 Å². The van der Waals surface area contributed by atoms with Crippen molar-refractivity contribution < 1.29 is 14.3 Å². The minimum absolute atomic E-state index is 0.195. The summed E-state index contributed by atoms with van der Waals surface area (Å²) >= 11 is 5.84. The number of anilines is 1. The molecular weight excluding hydrogens is 244 g/mol. The molecule has 0 fully saturated rings. The maximum atomic E-state index is 11.5. The molecule has 1 aromatic carbocycles. The molecule has 6 heteroatoms. The van der Waals surface area contributed by atoms with E-state index in [1.165, 1.54) is 19.2 Å². The quantitative estimate of drug-likeness (QED) is 0.855. The van der Waals surface area contributed by atoms with Gasteiger partial charge in [-0.1, -0.05) is 11.6 Å². The van der Waals surface area contributed by atoms with Crippen LogP contribution < -0.4 is 11.1 Å². The van der Waals surface area contributed by atoms with E-state index >= 15 is 0 Å². The summed E-state index contributed by atoms with van der Waals surface area (Å²) in [6.07, 6.45) is -0.565. The summed E-state index contributed by atoms with van der Waals surface area (Å²) in [5, 5.41) is 2.79. The molecule has 92 valence electrons. The highest BCUT2D eigenvalue weighted by Crippen LogP contribution is 2.20. The highest BCUT2D eigenvalue weighted by Gasteiger charge is 2.13. The zero-order chi connectivity index (χ0) is 13.0. The van der Waals surface area contributed by atoms with Gasteiger partial charge in [-0.3, -0.25) is 9.59 Å². The predicted molar refractivity (Wildman–Crippen MR) is 65.1 cm³/mol. The highest BCUT2D eigenvalue weighted by atomic mass is 35.5. The van der Waals surface area contributed by atoms with E-state index < -0.39 is 12.0 Å². The summed E-state index contributed by atoms with van der Waals surface area (Å²) in [4.78, 5) is 22.4. The van der Waals surface area contributed by atoms with Crippen molar-refractivity contribution in [1.29, 1.82) is 0 Å². The minimum atomic E-state index is -0.613. The first-order valence-corrected chi connectivity index (χ1v) is 5.26. The van der Waals surface area contributed by atoms with Gasteiger partial charge >= 0.3 is 0 Å². The van der Waals surface area contributed by atoms with Crippen molar-refractivity contribution in [3.63, 3.8) is 0 Å². The number of amides is 2. The number of halogens is 1. The molecule has 0 radical (unpaired) electrons. The number of ether oxygens (including phenoxy) is 1. The van der Waals surface area contributed by atoms with Crippen molar-refractivity contribution >= 4 is 29.1 Å². The summed E-state index contributed by atoms with van der Waals surface area (Å²) in [6.45, 7) is 1.62. The summed E-state index contributed by atoms with van der Waals surface area (Å²) in [6, 6.07) is 4.46. The molecule has 0 saturated carbocycles. The second-order valence-electron chi connectivity index (χ2n) is 3.43. The molecular formula is C11H13ClN2O3. The zero-order valence-electron chi connectivity index (χ0n) is 9.49. The Kier molecular flexibility index (Phi) is 4.48. The second-order valence-corrected chi connectivity index (χ2v) is 3.83. The van der Waals surface area contributed by atoms with E-state index in [9.17, 15) is 9.59 Å². The number of carbonyl (C=O) groups is 2. The second kappa shape index (κ2) is 5.65. The van der Waals surface area contributed by atoms with Crippen LogP contribution in [0, 0.1) is 0 Å². The van der Waals surface area contributed by atoms with E-state index in [0.29, 0.717) is 5.69 Å². The predicted octanol–water partition coefficient (Wildman–Crippen LogP) is 1.41. The topological polar surface area (TPSA) is 81.4 Å². The van der Waals surface area contributed by atoms with Gasteiger partial charge in [0.05, 0.1) is 10.6 Å². The number of rotatable bonds is 4. The molecule has 0 aliphatic carbocycles. The van der Waals surface area contributed by atoms with Gasteiger partial charge in [0, 0.05) is 12.8 Å². The van der Waals surface area contributed by atoms with Crippen LogP contribution in [0.15, 0.2) is 18.2 Å². The molecule has 0 saturated heterocycles. The van der Waals surface area contributed by atoms with E-state index in [2.05, 4.69) is 5.32 Å². The molecule has 0 aliphatic rings. The average molecular weight is 257 g/mol. The van der Waals surface area contributed by atoms with Gasteiger partial charge in [0.1, 0.15) is 6.10 Å². The molecule has 1 rings (SSSR count). The smallest absolute Gasteiger partial charge is 0.253 e. The molecule has 5 nitrogen and oxygen atoms in total. The minimum Gasteiger partial charge on any atom is -0.372 e. The number of carbonyl (C=O) groups excluding carboxylic acids is 2. The van der Waals surface area contributed by atoms with Crippen LogP contribution in [0.1, 0.15) is 17.3 Å². The number of hydrogen-bond acceptors (Lipinski definition) is 3. The maximum absolute atomic E-state index is 11.5. The first-order chi connectivity index (χ1) is 7.95. The lowest BCUT2D eigenvalue weighted by Crippen LogP contribution is -2.26. The lowest BCUT2D eigenvalue weighted by molar-refractivity contribution is -0.124.